The second-order valence-corrected chi connectivity index (χ2v) is 8.35. The summed E-state index contributed by atoms with van der Waals surface area (Å²) in [6.07, 6.45) is 3.17. The van der Waals surface area contributed by atoms with Gasteiger partial charge in [0.05, 0.1) is 17.9 Å². The summed E-state index contributed by atoms with van der Waals surface area (Å²) >= 11 is 0. The number of carbonyl (C=O) groups excluding carboxylic acids is 1. The topological polar surface area (TPSA) is 89.7 Å². The van der Waals surface area contributed by atoms with Crippen LogP contribution in [0.15, 0.2) is 47.4 Å². The van der Waals surface area contributed by atoms with Crippen LogP contribution in [0.25, 0.3) is 0 Å². The Kier molecular flexibility index (Phi) is 5.18. The van der Waals surface area contributed by atoms with Crippen molar-refractivity contribution in [3.63, 3.8) is 0 Å². The van der Waals surface area contributed by atoms with E-state index >= 15 is 0 Å². The van der Waals surface area contributed by atoms with Gasteiger partial charge in [-0.05, 0) is 54.8 Å². The molecule has 0 aromatic heterocycles. The molecule has 1 heterocycles. The molecule has 26 heavy (non-hydrogen) atoms. The van der Waals surface area contributed by atoms with E-state index in [1.54, 1.807) is 17.0 Å². The van der Waals surface area contributed by atoms with E-state index in [1.165, 1.54) is 12.1 Å². The van der Waals surface area contributed by atoms with Gasteiger partial charge in [0, 0.05) is 24.2 Å². The highest BCUT2D eigenvalue weighted by molar-refractivity contribution is 7.90. The first-order valence-electron chi connectivity index (χ1n) is 8.47. The number of hydrogen-bond acceptors (Lipinski definition) is 5. The van der Waals surface area contributed by atoms with Crippen LogP contribution in [0.4, 0.5) is 11.4 Å². The van der Waals surface area contributed by atoms with Crippen LogP contribution < -0.4 is 15.4 Å². The number of hydrogen-bond donors (Lipinski definition) is 1. The van der Waals surface area contributed by atoms with Crippen LogP contribution in [0.1, 0.15) is 18.4 Å². The van der Waals surface area contributed by atoms with Crippen molar-refractivity contribution < 1.29 is 17.9 Å². The molecule has 0 radical (unpaired) electrons. The van der Waals surface area contributed by atoms with E-state index < -0.39 is 9.84 Å². The van der Waals surface area contributed by atoms with Crippen LogP contribution in [-0.4, -0.2) is 33.7 Å². The predicted molar refractivity (Wildman–Crippen MR) is 101 cm³/mol. The van der Waals surface area contributed by atoms with Gasteiger partial charge in [-0.2, -0.15) is 0 Å². The SMILES string of the molecule is CS(=O)(=O)c1ccc(OCCC(=O)N2CCCc3c(N)cccc32)cc1. The monoisotopic (exact) mass is 374 g/mol. The maximum Gasteiger partial charge on any atom is 0.230 e. The lowest BCUT2D eigenvalue weighted by Crippen LogP contribution is -2.36. The second-order valence-electron chi connectivity index (χ2n) is 6.34. The highest BCUT2D eigenvalue weighted by Crippen LogP contribution is 2.31. The minimum Gasteiger partial charge on any atom is -0.493 e. The molecular weight excluding hydrogens is 352 g/mol. The summed E-state index contributed by atoms with van der Waals surface area (Å²) in [7, 11) is -3.23. The zero-order valence-electron chi connectivity index (χ0n) is 14.6. The van der Waals surface area contributed by atoms with E-state index in [1.807, 2.05) is 18.2 Å². The van der Waals surface area contributed by atoms with E-state index in [-0.39, 0.29) is 23.8 Å². The highest BCUT2D eigenvalue weighted by Gasteiger charge is 2.23. The maximum atomic E-state index is 12.6. The van der Waals surface area contributed by atoms with Crippen LogP contribution in [-0.2, 0) is 21.1 Å². The molecule has 0 spiro atoms. The molecule has 0 fully saturated rings. The number of nitrogens with two attached hydrogens (primary N) is 1. The molecule has 0 bridgehead atoms. The molecule has 1 aliphatic rings. The van der Waals surface area contributed by atoms with Gasteiger partial charge in [0.15, 0.2) is 9.84 Å². The number of fused-ring (bicyclic) bond motifs is 1. The molecule has 0 saturated carbocycles. The third-order valence-corrected chi connectivity index (χ3v) is 5.55. The molecule has 1 amide bonds. The molecular formula is C19H22N2O4S. The van der Waals surface area contributed by atoms with Gasteiger partial charge in [-0.3, -0.25) is 4.79 Å². The Hall–Kier alpha value is -2.54. The smallest absolute Gasteiger partial charge is 0.230 e. The summed E-state index contributed by atoms with van der Waals surface area (Å²) in [4.78, 5) is 14.6. The van der Waals surface area contributed by atoms with Gasteiger partial charge >= 0.3 is 0 Å². The molecule has 7 heteroatoms. The molecule has 0 atom stereocenters. The number of benzene rings is 2. The van der Waals surface area contributed by atoms with Crippen LogP contribution in [0.2, 0.25) is 0 Å². The standard InChI is InChI=1S/C19H22N2O4S/c1-26(23,24)15-9-7-14(8-10-15)25-13-11-19(22)21-12-3-4-16-17(20)5-2-6-18(16)21/h2,5-10H,3-4,11-13,20H2,1H3. The Balaban J connectivity index is 1.60. The Labute approximate surface area is 153 Å². The third kappa shape index (κ3) is 3.99. The lowest BCUT2D eigenvalue weighted by atomic mass is 9.99. The van der Waals surface area contributed by atoms with Crippen LogP contribution in [0, 0.1) is 0 Å². The number of nitrogen functional groups attached to an aromatic ring is 1. The number of ether oxygens (including phenoxy) is 1. The first kappa shape index (κ1) is 18.3. The fraction of sp³-hybridized carbons (Fsp3) is 0.316. The molecule has 0 unspecified atom stereocenters. The van der Waals surface area contributed by atoms with Gasteiger partial charge in [0.1, 0.15) is 5.75 Å². The van der Waals surface area contributed by atoms with Crippen molar-refractivity contribution in [1.82, 2.24) is 0 Å². The molecule has 2 aromatic carbocycles. The molecule has 3 rings (SSSR count). The Morgan fingerprint density at radius 3 is 2.62 bits per heavy atom. The lowest BCUT2D eigenvalue weighted by molar-refractivity contribution is -0.119. The molecule has 138 valence electrons. The molecule has 1 aliphatic heterocycles. The van der Waals surface area contributed by atoms with Crippen LogP contribution in [0.5, 0.6) is 5.75 Å². The summed E-state index contributed by atoms with van der Waals surface area (Å²) in [5.41, 5.74) is 8.66. The van der Waals surface area contributed by atoms with Gasteiger partial charge < -0.3 is 15.4 Å². The molecule has 2 aromatic rings. The van der Waals surface area contributed by atoms with Crippen LogP contribution >= 0.6 is 0 Å². The quantitative estimate of drug-likeness (QED) is 0.812. The zero-order valence-corrected chi connectivity index (χ0v) is 15.5. The lowest BCUT2D eigenvalue weighted by Gasteiger charge is -2.30. The summed E-state index contributed by atoms with van der Waals surface area (Å²) < 4.78 is 28.5. The number of amides is 1. The molecule has 2 N–H and O–H groups in total. The zero-order chi connectivity index (χ0) is 18.7. The maximum absolute atomic E-state index is 12.6. The van der Waals surface area contributed by atoms with Gasteiger partial charge in [0.2, 0.25) is 5.91 Å². The fourth-order valence-electron chi connectivity index (χ4n) is 3.08. The van der Waals surface area contributed by atoms with E-state index in [0.29, 0.717) is 12.3 Å². The molecule has 6 nitrogen and oxygen atoms in total. The number of anilines is 2. The van der Waals surface area contributed by atoms with Gasteiger partial charge in [-0.25, -0.2) is 8.42 Å². The van der Waals surface area contributed by atoms with E-state index in [4.69, 9.17) is 10.5 Å². The Bertz CT molecular complexity index is 908. The third-order valence-electron chi connectivity index (χ3n) is 4.42. The summed E-state index contributed by atoms with van der Waals surface area (Å²) in [6.45, 7) is 0.906. The van der Waals surface area contributed by atoms with E-state index in [0.717, 1.165) is 36.0 Å². The van der Waals surface area contributed by atoms with Crippen molar-refractivity contribution in [2.45, 2.75) is 24.2 Å². The first-order chi connectivity index (χ1) is 12.4. The summed E-state index contributed by atoms with van der Waals surface area (Å²) in [6, 6.07) is 11.8. The van der Waals surface area contributed by atoms with Crippen molar-refractivity contribution in [2.24, 2.45) is 0 Å². The number of carbonyl (C=O) groups is 1. The van der Waals surface area contributed by atoms with Crippen LogP contribution in [0.3, 0.4) is 0 Å². The first-order valence-corrected chi connectivity index (χ1v) is 10.4. The second kappa shape index (κ2) is 7.37. The average molecular weight is 374 g/mol. The highest BCUT2D eigenvalue weighted by atomic mass is 32.2. The Morgan fingerprint density at radius 1 is 1.19 bits per heavy atom. The number of sulfone groups is 1. The number of nitrogens with zero attached hydrogens (tertiary/aromatic N) is 1. The van der Waals surface area contributed by atoms with Crippen molar-refractivity contribution in [1.29, 1.82) is 0 Å². The van der Waals surface area contributed by atoms with Gasteiger partial charge in [-0.1, -0.05) is 6.07 Å². The van der Waals surface area contributed by atoms with Crippen molar-refractivity contribution in [3.05, 3.63) is 48.0 Å². The van der Waals surface area contributed by atoms with Gasteiger partial charge in [-0.15, -0.1) is 0 Å². The number of rotatable bonds is 5. The van der Waals surface area contributed by atoms with E-state index in [9.17, 15) is 13.2 Å². The van der Waals surface area contributed by atoms with Crippen molar-refractivity contribution in [3.8, 4) is 5.75 Å². The molecule has 0 aliphatic carbocycles. The summed E-state index contributed by atoms with van der Waals surface area (Å²) in [5, 5.41) is 0. The Morgan fingerprint density at radius 2 is 1.92 bits per heavy atom. The normalized spacial score (nSPS) is 14.0. The summed E-state index contributed by atoms with van der Waals surface area (Å²) in [5.74, 6) is 0.526. The minimum absolute atomic E-state index is 0.00990. The van der Waals surface area contributed by atoms with Crippen molar-refractivity contribution >= 4 is 27.1 Å². The fourth-order valence-corrected chi connectivity index (χ4v) is 3.72. The molecule has 0 saturated heterocycles. The largest absolute Gasteiger partial charge is 0.493 e. The van der Waals surface area contributed by atoms with Gasteiger partial charge in [0.25, 0.3) is 0 Å². The minimum atomic E-state index is -3.23. The average Bonchev–Trinajstić information content (AvgIpc) is 2.61. The van der Waals surface area contributed by atoms with Crippen molar-refractivity contribution in [2.75, 3.05) is 30.0 Å². The predicted octanol–water partition coefficient (Wildman–Crippen LogP) is 2.42. The van der Waals surface area contributed by atoms with E-state index in [2.05, 4.69) is 0 Å².